The van der Waals surface area contributed by atoms with Crippen molar-refractivity contribution in [2.45, 2.75) is 32.8 Å². The lowest BCUT2D eigenvalue weighted by Gasteiger charge is -2.17. The summed E-state index contributed by atoms with van der Waals surface area (Å²) in [5.74, 6) is 1.74. The summed E-state index contributed by atoms with van der Waals surface area (Å²) in [6.45, 7) is 4.27. The highest BCUT2D eigenvalue weighted by molar-refractivity contribution is 6.00. The minimum absolute atomic E-state index is 0.299. The normalized spacial score (nSPS) is 10.5. The Balaban J connectivity index is 2.74. The third kappa shape index (κ3) is 2.77. The zero-order valence-corrected chi connectivity index (χ0v) is 11.1. The van der Waals surface area contributed by atoms with Crippen molar-refractivity contribution in [1.82, 2.24) is 0 Å². The van der Waals surface area contributed by atoms with Gasteiger partial charge in [0, 0.05) is 0 Å². The molecule has 78 valence electrons. The fraction of sp³-hybridized carbons (Fsp3) is 0.455. The van der Waals surface area contributed by atoms with E-state index in [2.05, 4.69) is 13.8 Å². The summed E-state index contributed by atoms with van der Waals surface area (Å²) in [6, 6.07) is 7.85. The molecule has 0 saturated heterocycles. The summed E-state index contributed by atoms with van der Waals surface area (Å²) in [5, 5.41) is 0. The summed E-state index contributed by atoms with van der Waals surface area (Å²) in [4.78, 5) is 0. The van der Waals surface area contributed by atoms with Crippen molar-refractivity contribution in [3.05, 3.63) is 24.3 Å². The van der Waals surface area contributed by atoms with Crippen LogP contribution < -0.4 is 9.16 Å². The van der Waals surface area contributed by atoms with Crippen molar-refractivity contribution < 1.29 is 9.16 Å². The minimum atomic E-state index is 0.299. The van der Waals surface area contributed by atoms with E-state index < -0.39 is 0 Å². The van der Waals surface area contributed by atoms with Crippen LogP contribution in [0.5, 0.6) is 11.5 Å². The van der Waals surface area contributed by atoms with Gasteiger partial charge in [0.05, 0.1) is 6.10 Å². The monoisotopic (exact) mass is 210 g/mol. The molecule has 0 heterocycles. The number of hydrogen-bond donors (Lipinski definition) is 0. The topological polar surface area (TPSA) is 18.5 Å². The highest BCUT2D eigenvalue weighted by Crippen LogP contribution is 2.27. The van der Waals surface area contributed by atoms with Crippen LogP contribution in [0.15, 0.2) is 24.3 Å². The molecule has 3 heteroatoms. The number of hydrogen-bond acceptors (Lipinski definition) is 2. The summed E-state index contributed by atoms with van der Waals surface area (Å²) in [6.07, 6.45) is 2.37. The molecule has 0 aliphatic heterocycles. The van der Waals surface area contributed by atoms with E-state index in [1.165, 1.54) is 0 Å². The van der Waals surface area contributed by atoms with E-state index >= 15 is 0 Å². The zero-order valence-electron chi connectivity index (χ0n) is 9.12. The maximum Gasteiger partial charge on any atom is 0.204 e. The first-order valence-electron chi connectivity index (χ1n) is 5.11. The van der Waals surface area contributed by atoms with Gasteiger partial charge in [-0.1, -0.05) is 26.0 Å². The third-order valence-electron chi connectivity index (χ3n) is 2.27. The maximum absolute atomic E-state index is 5.83. The van der Waals surface area contributed by atoms with Crippen molar-refractivity contribution in [3.8, 4) is 11.5 Å². The molecule has 0 amide bonds. The average Bonchev–Trinajstić information content (AvgIpc) is 2.26. The van der Waals surface area contributed by atoms with Crippen LogP contribution in [0.4, 0.5) is 0 Å². The molecule has 0 bridgehead atoms. The molecule has 0 unspecified atom stereocenters. The predicted molar refractivity (Wildman–Crippen MR) is 62.0 cm³/mol. The van der Waals surface area contributed by atoms with Gasteiger partial charge in [-0.25, -0.2) is 0 Å². The fourth-order valence-corrected chi connectivity index (χ4v) is 1.69. The molecular weight excluding hydrogens is 192 g/mol. The van der Waals surface area contributed by atoms with Gasteiger partial charge in [0.2, 0.25) is 10.5 Å². The van der Waals surface area contributed by atoms with E-state index in [0.29, 0.717) is 16.6 Å². The number of ether oxygens (including phenoxy) is 1. The fourth-order valence-electron chi connectivity index (χ4n) is 1.35. The highest BCUT2D eigenvalue weighted by atomic mass is 28.2. The lowest BCUT2D eigenvalue weighted by molar-refractivity contribution is 0.189. The van der Waals surface area contributed by atoms with E-state index in [1.54, 1.807) is 0 Å². The second-order valence-electron chi connectivity index (χ2n) is 3.21. The van der Waals surface area contributed by atoms with Crippen molar-refractivity contribution in [2.24, 2.45) is 0 Å². The van der Waals surface area contributed by atoms with Crippen LogP contribution in [-0.2, 0) is 0 Å². The second kappa shape index (κ2) is 5.70. The molecule has 0 aliphatic rings. The molecule has 1 aromatic carbocycles. The summed E-state index contributed by atoms with van der Waals surface area (Å²) < 4.78 is 11.2. The van der Waals surface area contributed by atoms with Crippen LogP contribution in [0.25, 0.3) is 0 Å². The minimum Gasteiger partial charge on any atom is -0.551 e. The molecule has 0 aliphatic carbocycles. The maximum atomic E-state index is 5.83. The Morgan fingerprint density at radius 1 is 1.14 bits per heavy atom. The third-order valence-corrected chi connectivity index (χ3v) is 2.71. The van der Waals surface area contributed by atoms with E-state index in [0.717, 1.165) is 24.3 Å². The number of para-hydroxylation sites is 2. The van der Waals surface area contributed by atoms with Crippen LogP contribution >= 0.6 is 0 Å². The number of rotatable bonds is 5. The lowest BCUT2D eigenvalue weighted by atomic mass is 10.2. The van der Waals surface area contributed by atoms with Gasteiger partial charge in [-0.05, 0) is 25.0 Å². The van der Waals surface area contributed by atoms with E-state index in [1.807, 2.05) is 24.3 Å². The molecular formula is C11H18O2Si. The van der Waals surface area contributed by atoms with Crippen molar-refractivity contribution >= 4 is 10.5 Å². The largest absolute Gasteiger partial charge is 0.551 e. The molecule has 0 saturated carbocycles. The van der Waals surface area contributed by atoms with Crippen molar-refractivity contribution in [1.29, 1.82) is 0 Å². The predicted octanol–water partition coefficient (Wildman–Crippen LogP) is 1.91. The Labute approximate surface area is 88.8 Å². The van der Waals surface area contributed by atoms with E-state index in [4.69, 9.17) is 9.16 Å². The van der Waals surface area contributed by atoms with Crippen LogP contribution in [0.2, 0.25) is 0 Å². The molecule has 0 spiro atoms. The Bertz CT molecular complexity index is 272. The first kappa shape index (κ1) is 11.1. The highest BCUT2D eigenvalue weighted by Gasteiger charge is 2.08. The van der Waals surface area contributed by atoms with Crippen LogP contribution in [0.1, 0.15) is 26.7 Å². The standard InChI is InChI=1S/C11H18O2Si/c1-3-9(4-2)12-10-7-5-6-8-11(10)13-14/h5-9H,3-4H2,1-2,14H3. The Hall–Kier alpha value is -0.963. The molecule has 0 radical (unpaired) electrons. The summed E-state index contributed by atoms with van der Waals surface area (Å²) in [7, 11) is 0.699. The first-order valence-corrected chi connectivity index (χ1v) is 5.93. The number of benzene rings is 1. The first-order chi connectivity index (χ1) is 6.81. The molecule has 0 fully saturated rings. The zero-order chi connectivity index (χ0) is 10.4. The Morgan fingerprint density at radius 2 is 1.71 bits per heavy atom. The van der Waals surface area contributed by atoms with Crippen LogP contribution in [0, 0.1) is 0 Å². The van der Waals surface area contributed by atoms with Gasteiger partial charge in [0.1, 0.15) is 5.75 Å². The van der Waals surface area contributed by atoms with Crippen molar-refractivity contribution in [3.63, 3.8) is 0 Å². The SMILES string of the molecule is CCC(CC)Oc1ccccc1O[SiH3]. The van der Waals surface area contributed by atoms with Gasteiger partial charge >= 0.3 is 0 Å². The van der Waals surface area contributed by atoms with Crippen molar-refractivity contribution in [2.75, 3.05) is 0 Å². The van der Waals surface area contributed by atoms with Gasteiger partial charge in [0.25, 0.3) is 0 Å². The lowest BCUT2D eigenvalue weighted by Crippen LogP contribution is -2.14. The van der Waals surface area contributed by atoms with Crippen LogP contribution in [-0.4, -0.2) is 16.6 Å². The molecule has 1 rings (SSSR count). The van der Waals surface area contributed by atoms with Gasteiger partial charge < -0.3 is 9.16 Å². The molecule has 1 aromatic rings. The quantitative estimate of drug-likeness (QED) is 0.691. The summed E-state index contributed by atoms with van der Waals surface area (Å²) in [5.41, 5.74) is 0. The average molecular weight is 210 g/mol. The Kier molecular flexibility index (Phi) is 4.53. The Morgan fingerprint density at radius 3 is 2.21 bits per heavy atom. The van der Waals surface area contributed by atoms with E-state index in [9.17, 15) is 0 Å². The molecule has 14 heavy (non-hydrogen) atoms. The van der Waals surface area contributed by atoms with Crippen LogP contribution in [0.3, 0.4) is 0 Å². The smallest absolute Gasteiger partial charge is 0.204 e. The molecule has 0 aromatic heterocycles. The molecule has 2 nitrogen and oxygen atoms in total. The molecule has 0 N–H and O–H groups in total. The molecule has 0 atom stereocenters. The van der Waals surface area contributed by atoms with E-state index in [-0.39, 0.29) is 0 Å². The summed E-state index contributed by atoms with van der Waals surface area (Å²) >= 11 is 0. The van der Waals surface area contributed by atoms with Gasteiger partial charge in [0.15, 0.2) is 5.75 Å². The van der Waals surface area contributed by atoms with Gasteiger partial charge in [-0.15, -0.1) is 0 Å². The van der Waals surface area contributed by atoms with Gasteiger partial charge in [-0.3, -0.25) is 0 Å². The van der Waals surface area contributed by atoms with Gasteiger partial charge in [-0.2, -0.15) is 0 Å². The second-order valence-corrected chi connectivity index (χ2v) is 3.62.